The van der Waals surface area contributed by atoms with Crippen LogP contribution in [0, 0.1) is 12.8 Å². The van der Waals surface area contributed by atoms with Crippen molar-refractivity contribution in [1.82, 2.24) is 20.8 Å². The molecule has 0 spiro atoms. The topological polar surface area (TPSA) is 80.0 Å². The molecule has 0 atom stereocenters. The Morgan fingerprint density at radius 2 is 2.28 bits per heavy atom. The van der Waals surface area contributed by atoms with Gasteiger partial charge in [0.2, 0.25) is 11.8 Å². The highest BCUT2D eigenvalue weighted by molar-refractivity contribution is 5.75. The minimum Gasteiger partial charge on any atom is -0.347 e. The Morgan fingerprint density at radius 1 is 1.50 bits per heavy atom. The molecule has 0 aromatic carbocycles. The second-order valence-electron chi connectivity index (χ2n) is 4.74. The van der Waals surface area contributed by atoms with Gasteiger partial charge < -0.3 is 15.2 Å². The Hall–Kier alpha value is -1.43. The third-order valence-corrected chi connectivity index (χ3v) is 3.24. The maximum Gasteiger partial charge on any atom is 0.246 e. The van der Waals surface area contributed by atoms with Crippen LogP contribution in [0.25, 0.3) is 0 Å². The van der Waals surface area contributed by atoms with Crippen LogP contribution >= 0.6 is 0 Å². The fourth-order valence-corrected chi connectivity index (χ4v) is 2.18. The quantitative estimate of drug-likeness (QED) is 0.809. The highest BCUT2D eigenvalue weighted by Crippen LogP contribution is 2.17. The summed E-state index contributed by atoms with van der Waals surface area (Å²) in [6.45, 7) is 4.24. The molecule has 2 rings (SSSR count). The Kier molecular flexibility index (Phi) is 4.69. The molecule has 2 N–H and O–H groups in total. The number of nitrogens with one attached hydrogen (secondary N) is 2. The van der Waals surface area contributed by atoms with Crippen molar-refractivity contribution in [3.8, 4) is 0 Å². The molecular weight excluding hydrogens is 232 g/mol. The van der Waals surface area contributed by atoms with E-state index in [1.807, 2.05) is 0 Å². The molecule has 0 aliphatic carbocycles. The molecule has 2 heterocycles. The summed E-state index contributed by atoms with van der Waals surface area (Å²) in [5.74, 6) is 1.80. The molecule has 1 aliphatic rings. The van der Waals surface area contributed by atoms with E-state index in [0.29, 0.717) is 30.6 Å². The smallest absolute Gasteiger partial charge is 0.246 e. The maximum absolute atomic E-state index is 11.6. The number of aromatic nitrogens is 2. The van der Waals surface area contributed by atoms with Gasteiger partial charge in [-0.3, -0.25) is 4.79 Å². The first kappa shape index (κ1) is 13.0. The lowest BCUT2D eigenvalue weighted by molar-refractivity contribution is -0.121. The number of carbonyl (C=O) groups excluding carboxylic acids is 1. The van der Waals surface area contributed by atoms with Crippen LogP contribution in [-0.2, 0) is 11.3 Å². The van der Waals surface area contributed by atoms with Gasteiger partial charge >= 0.3 is 0 Å². The van der Waals surface area contributed by atoms with Crippen molar-refractivity contribution in [2.75, 3.05) is 13.1 Å². The third-order valence-electron chi connectivity index (χ3n) is 3.24. The predicted octanol–water partition coefficient (Wildman–Crippen LogP) is 0.774. The van der Waals surface area contributed by atoms with Crippen molar-refractivity contribution in [2.45, 2.75) is 39.2 Å². The van der Waals surface area contributed by atoms with Crippen molar-refractivity contribution in [1.29, 1.82) is 0 Å². The number of amides is 1. The molecule has 1 aliphatic heterocycles. The summed E-state index contributed by atoms with van der Waals surface area (Å²) in [6, 6.07) is 0. The average Bonchev–Trinajstić information content (AvgIpc) is 2.81. The number of aryl methyl sites for hydroxylation is 1. The molecule has 1 amide bonds. The van der Waals surface area contributed by atoms with Gasteiger partial charge in [0.25, 0.3) is 0 Å². The Balaban J connectivity index is 1.62. The van der Waals surface area contributed by atoms with Crippen LogP contribution < -0.4 is 10.6 Å². The van der Waals surface area contributed by atoms with Gasteiger partial charge in [-0.25, -0.2) is 0 Å². The first-order valence-electron chi connectivity index (χ1n) is 6.50. The third kappa shape index (κ3) is 4.10. The molecule has 1 saturated heterocycles. The number of carbonyl (C=O) groups is 1. The molecule has 100 valence electrons. The van der Waals surface area contributed by atoms with Crippen LogP contribution in [0.5, 0.6) is 0 Å². The summed E-state index contributed by atoms with van der Waals surface area (Å²) in [5.41, 5.74) is 0. The highest BCUT2D eigenvalue weighted by atomic mass is 16.5. The second-order valence-corrected chi connectivity index (χ2v) is 4.74. The van der Waals surface area contributed by atoms with Gasteiger partial charge in [0.15, 0.2) is 5.82 Å². The van der Waals surface area contributed by atoms with E-state index >= 15 is 0 Å². The highest BCUT2D eigenvalue weighted by Gasteiger charge is 2.14. The van der Waals surface area contributed by atoms with Crippen LogP contribution in [0.2, 0.25) is 0 Å². The summed E-state index contributed by atoms with van der Waals surface area (Å²) in [5, 5.41) is 9.79. The largest absolute Gasteiger partial charge is 0.347 e. The minimum atomic E-state index is 0.0596. The zero-order valence-corrected chi connectivity index (χ0v) is 10.7. The Bertz CT molecular complexity index is 385. The van der Waals surface area contributed by atoms with Crippen molar-refractivity contribution >= 4 is 5.91 Å². The molecule has 0 unspecified atom stereocenters. The lowest BCUT2D eigenvalue weighted by Crippen LogP contribution is -2.29. The predicted molar refractivity (Wildman–Crippen MR) is 65.7 cm³/mol. The Morgan fingerprint density at radius 3 is 2.94 bits per heavy atom. The van der Waals surface area contributed by atoms with E-state index in [0.717, 1.165) is 19.5 Å². The lowest BCUT2D eigenvalue weighted by atomic mass is 9.93. The van der Waals surface area contributed by atoms with Gasteiger partial charge in [-0.05, 0) is 45.2 Å². The molecule has 0 bridgehead atoms. The fourth-order valence-electron chi connectivity index (χ4n) is 2.18. The van der Waals surface area contributed by atoms with Crippen LogP contribution in [-0.4, -0.2) is 29.1 Å². The van der Waals surface area contributed by atoms with Crippen LogP contribution in [0.1, 0.15) is 37.4 Å². The fraction of sp³-hybridized carbons (Fsp3) is 0.750. The van der Waals surface area contributed by atoms with E-state index in [-0.39, 0.29) is 5.91 Å². The molecular formula is C12H20N4O2. The van der Waals surface area contributed by atoms with Gasteiger partial charge in [-0.2, -0.15) is 4.98 Å². The van der Waals surface area contributed by atoms with Crippen molar-refractivity contribution in [2.24, 2.45) is 5.92 Å². The lowest BCUT2D eigenvalue weighted by Gasteiger charge is -2.22. The van der Waals surface area contributed by atoms with Crippen LogP contribution in [0.4, 0.5) is 0 Å². The SMILES string of the molecule is Cc1noc(CNC(=O)CCC2CCNCC2)n1. The van der Waals surface area contributed by atoms with E-state index in [1.54, 1.807) is 6.92 Å². The zero-order valence-electron chi connectivity index (χ0n) is 10.7. The zero-order chi connectivity index (χ0) is 12.8. The van der Waals surface area contributed by atoms with E-state index < -0.39 is 0 Å². The number of nitrogens with zero attached hydrogens (tertiary/aromatic N) is 2. The van der Waals surface area contributed by atoms with Gasteiger partial charge in [0, 0.05) is 6.42 Å². The van der Waals surface area contributed by atoms with Crippen molar-refractivity contribution in [3.63, 3.8) is 0 Å². The molecule has 0 radical (unpaired) electrons. The van der Waals surface area contributed by atoms with E-state index in [2.05, 4.69) is 20.8 Å². The maximum atomic E-state index is 11.6. The molecule has 18 heavy (non-hydrogen) atoms. The number of hydrogen-bond acceptors (Lipinski definition) is 5. The summed E-state index contributed by atoms with van der Waals surface area (Å²) >= 11 is 0. The first-order chi connectivity index (χ1) is 8.74. The number of rotatable bonds is 5. The number of piperidine rings is 1. The van der Waals surface area contributed by atoms with Crippen LogP contribution in [0.3, 0.4) is 0 Å². The van der Waals surface area contributed by atoms with Crippen molar-refractivity contribution < 1.29 is 9.32 Å². The molecule has 1 aromatic rings. The molecule has 1 fully saturated rings. The molecule has 6 nitrogen and oxygen atoms in total. The van der Waals surface area contributed by atoms with Crippen molar-refractivity contribution in [3.05, 3.63) is 11.7 Å². The monoisotopic (exact) mass is 252 g/mol. The molecule has 1 aromatic heterocycles. The summed E-state index contributed by atoms with van der Waals surface area (Å²) in [4.78, 5) is 15.7. The standard InChI is InChI=1S/C12H20N4O2/c1-9-15-12(18-16-9)8-14-11(17)3-2-10-4-6-13-7-5-10/h10,13H,2-8H2,1H3,(H,14,17). The number of hydrogen-bond donors (Lipinski definition) is 2. The minimum absolute atomic E-state index is 0.0596. The van der Waals surface area contributed by atoms with Gasteiger partial charge in [-0.15, -0.1) is 0 Å². The van der Waals surface area contributed by atoms with Gasteiger partial charge in [-0.1, -0.05) is 5.16 Å². The van der Waals surface area contributed by atoms with Gasteiger partial charge in [0.05, 0.1) is 6.54 Å². The van der Waals surface area contributed by atoms with E-state index in [4.69, 9.17) is 4.52 Å². The molecule has 6 heteroatoms. The summed E-state index contributed by atoms with van der Waals surface area (Å²) < 4.78 is 4.93. The Labute approximate surface area is 107 Å². The normalized spacial score (nSPS) is 16.7. The summed E-state index contributed by atoms with van der Waals surface area (Å²) in [7, 11) is 0. The van der Waals surface area contributed by atoms with Gasteiger partial charge in [0.1, 0.15) is 0 Å². The molecule has 0 saturated carbocycles. The van der Waals surface area contributed by atoms with Crippen LogP contribution in [0.15, 0.2) is 4.52 Å². The first-order valence-corrected chi connectivity index (χ1v) is 6.50. The van der Waals surface area contributed by atoms with E-state index in [9.17, 15) is 4.79 Å². The average molecular weight is 252 g/mol. The second kappa shape index (κ2) is 6.49. The summed E-state index contributed by atoms with van der Waals surface area (Å²) in [6.07, 6.45) is 3.90. The van der Waals surface area contributed by atoms with E-state index in [1.165, 1.54) is 12.8 Å².